The van der Waals surface area contributed by atoms with Crippen molar-refractivity contribution in [2.24, 2.45) is 0 Å². The molecular weight excluding hydrogens is 422 g/mol. The Labute approximate surface area is 190 Å². The number of nitrogens with one attached hydrogen (secondary N) is 1. The average molecular weight is 446 g/mol. The van der Waals surface area contributed by atoms with E-state index in [4.69, 9.17) is 8.83 Å². The van der Waals surface area contributed by atoms with Crippen molar-refractivity contribution in [3.8, 4) is 11.1 Å². The Hall–Kier alpha value is -3.87. The van der Waals surface area contributed by atoms with Crippen LogP contribution in [0.3, 0.4) is 0 Å². The molecule has 7 heteroatoms. The van der Waals surface area contributed by atoms with E-state index < -0.39 is 11.6 Å². The predicted molar refractivity (Wildman–Crippen MR) is 123 cm³/mol. The minimum atomic E-state index is -1.07. The molecule has 33 heavy (non-hydrogen) atoms. The molecule has 2 heterocycles. The van der Waals surface area contributed by atoms with Crippen molar-refractivity contribution in [2.75, 3.05) is 6.54 Å². The number of carbonyl (C=O) groups is 2. The molecule has 7 nitrogen and oxygen atoms in total. The minimum absolute atomic E-state index is 0.0151. The van der Waals surface area contributed by atoms with Gasteiger partial charge < -0.3 is 24.1 Å². The predicted octanol–water partition coefficient (Wildman–Crippen LogP) is 3.48. The van der Waals surface area contributed by atoms with Gasteiger partial charge in [0.25, 0.3) is 0 Å². The maximum absolute atomic E-state index is 12.6. The molecule has 0 aliphatic carbocycles. The fourth-order valence-corrected chi connectivity index (χ4v) is 3.98. The fourth-order valence-electron chi connectivity index (χ4n) is 3.98. The zero-order valence-electron chi connectivity index (χ0n) is 18.3. The number of benzene rings is 2. The third-order valence-corrected chi connectivity index (χ3v) is 5.78. The zero-order valence-corrected chi connectivity index (χ0v) is 18.3. The van der Waals surface area contributed by atoms with Crippen LogP contribution >= 0.6 is 0 Å². The third kappa shape index (κ3) is 4.98. The highest BCUT2D eigenvalue weighted by molar-refractivity contribution is 6.02. The standard InChI is InChI=1S/C26H25NO6/c1-16-18-12-20-21(17-8-4-2-5-9-17)15-32-22(20)14-23(18)33-26(31)19(16)13-24(28)27-11-7-3-6-10-25(29)30/h2,4-5,8-9,12,14-15H,3,6-7,10-11,13H2,1H3,(H,27,28)(H,29,30)/p-1. The summed E-state index contributed by atoms with van der Waals surface area (Å²) in [5.41, 5.74) is 3.47. The van der Waals surface area contributed by atoms with Gasteiger partial charge in [0.15, 0.2) is 0 Å². The SMILES string of the molecule is Cc1c(CC(=O)NCCCCCC(=O)[O-])c(=O)oc2cc3occ(-c4ccccc4)c3cc12. The Morgan fingerprint density at radius 1 is 1.00 bits per heavy atom. The summed E-state index contributed by atoms with van der Waals surface area (Å²) in [7, 11) is 0. The number of rotatable bonds is 9. The maximum Gasteiger partial charge on any atom is 0.340 e. The van der Waals surface area contributed by atoms with Gasteiger partial charge in [0.1, 0.15) is 11.2 Å². The molecule has 0 aliphatic rings. The van der Waals surface area contributed by atoms with Crippen LogP contribution < -0.4 is 16.0 Å². The van der Waals surface area contributed by atoms with Crippen LogP contribution in [0.25, 0.3) is 33.1 Å². The summed E-state index contributed by atoms with van der Waals surface area (Å²) in [5, 5.41) is 14.9. The number of carbonyl (C=O) groups excluding carboxylic acids is 2. The molecule has 0 unspecified atom stereocenters. The van der Waals surface area contributed by atoms with E-state index in [9.17, 15) is 19.5 Å². The number of hydrogen-bond donors (Lipinski definition) is 1. The van der Waals surface area contributed by atoms with Gasteiger partial charge in [-0.25, -0.2) is 4.79 Å². The van der Waals surface area contributed by atoms with Crippen LogP contribution in [-0.4, -0.2) is 18.4 Å². The average Bonchev–Trinajstić information content (AvgIpc) is 3.21. The molecule has 4 aromatic rings. The van der Waals surface area contributed by atoms with Crippen LogP contribution in [0.15, 0.2) is 62.4 Å². The largest absolute Gasteiger partial charge is 0.550 e. The van der Waals surface area contributed by atoms with Crippen molar-refractivity contribution >= 4 is 33.8 Å². The molecule has 170 valence electrons. The summed E-state index contributed by atoms with van der Waals surface area (Å²) < 4.78 is 11.2. The van der Waals surface area contributed by atoms with Gasteiger partial charge >= 0.3 is 5.63 Å². The molecular formula is C26H24NO6-. The zero-order chi connectivity index (χ0) is 23.4. The van der Waals surface area contributed by atoms with Crippen molar-refractivity contribution in [3.05, 3.63) is 70.3 Å². The van der Waals surface area contributed by atoms with E-state index >= 15 is 0 Å². The molecule has 0 fully saturated rings. The molecule has 0 aliphatic heterocycles. The number of aryl methyl sites for hydroxylation is 1. The summed E-state index contributed by atoms with van der Waals surface area (Å²) in [6, 6.07) is 13.5. The first-order valence-corrected chi connectivity index (χ1v) is 10.9. The van der Waals surface area contributed by atoms with Crippen molar-refractivity contribution in [3.63, 3.8) is 0 Å². The van der Waals surface area contributed by atoms with Crippen molar-refractivity contribution in [1.29, 1.82) is 0 Å². The molecule has 0 saturated carbocycles. The van der Waals surface area contributed by atoms with Crippen LogP contribution in [0.2, 0.25) is 0 Å². The lowest BCUT2D eigenvalue weighted by Crippen LogP contribution is -2.28. The molecule has 0 radical (unpaired) electrons. The van der Waals surface area contributed by atoms with Gasteiger partial charge in [0.2, 0.25) is 5.91 Å². The summed E-state index contributed by atoms with van der Waals surface area (Å²) in [6.45, 7) is 2.23. The second-order valence-electron chi connectivity index (χ2n) is 8.06. The molecule has 4 rings (SSSR count). The van der Waals surface area contributed by atoms with Crippen LogP contribution in [0.1, 0.15) is 36.8 Å². The number of amides is 1. The van der Waals surface area contributed by atoms with Gasteiger partial charge in [-0.15, -0.1) is 0 Å². The minimum Gasteiger partial charge on any atom is -0.550 e. The lowest BCUT2D eigenvalue weighted by molar-refractivity contribution is -0.305. The quantitative estimate of drug-likeness (QED) is 0.311. The molecule has 0 saturated heterocycles. The fraction of sp³-hybridized carbons (Fsp3) is 0.269. The van der Waals surface area contributed by atoms with E-state index in [1.807, 2.05) is 43.3 Å². The highest BCUT2D eigenvalue weighted by Crippen LogP contribution is 2.34. The molecule has 0 atom stereocenters. The van der Waals surface area contributed by atoms with E-state index in [1.54, 1.807) is 12.3 Å². The summed E-state index contributed by atoms with van der Waals surface area (Å²) >= 11 is 0. The first-order valence-electron chi connectivity index (χ1n) is 10.9. The first kappa shape index (κ1) is 22.3. The number of unbranched alkanes of at least 4 members (excludes halogenated alkanes) is 2. The third-order valence-electron chi connectivity index (χ3n) is 5.78. The van der Waals surface area contributed by atoms with Gasteiger partial charge in [-0.05, 0) is 43.4 Å². The van der Waals surface area contributed by atoms with Gasteiger partial charge in [-0.3, -0.25) is 4.79 Å². The van der Waals surface area contributed by atoms with Crippen LogP contribution in [0.4, 0.5) is 0 Å². The first-order chi connectivity index (χ1) is 15.9. The lowest BCUT2D eigenvalue weighted by atomic mass is 9.99. The molecule has 2 aromatic carbocycles. The number of carboxylic acid groups (broad SMARTS) is 1. The molecule has 1 amide bonds. The highest BCUT2D eigenvalue weighted by Gasteiger charge is 2.17. The highest BCUT2D eigenvalue weighted by atomic mass is 16.4. The molecule has 0 spiro atoms. The summed E-state index contributed by atoms with van der Waals surface area (Å²) in [4.78, 5) is 35.4. The summed E-state index contributed by atoms with van der Waals surface area (Å²) in [6.07, 6.45) is 3.47. The van der Waals surface area contributed by atoms with E-state index in [1.165, 1.54) is 0 Å². The topological polar surface area (TPSA) is 113 Å². The van der Waals surface area contributed by atoms with E-state index in [0.29, 0.717) is 48.1 Å². The van der Waals surface area contributed by atoms with Crippen molar-refractivity contribution < 1.29 is 23.5 Å². The van der Waals surface area contributed by atoms with Gasteiger partial charge in [0, 0.05) is 34.9 Å². The smallest absolute Gasteiger partial charge is 0.340 e. The normalized spacial score (nSPS) is 11.2. The van der Waals surface area contributed by atoms with Crippen molar-refractivity contribution in [1.82, 2.24) is 5.32 Å². The number of fused-ring (bicyclic) bond motifs is 2. The van der Waals surface area contributed by atoms with Crippen LogP contribution in [0, 0.1) is 6.92 Å². The molecule has 2 aromatic heterocycles. The van der Waals surface area contributed by atoms with Gasteiger partial charge in [-0.2, -0.15) is 0 Å². The van der Waals surface area contributed by atoms with Gasteiger partial charge in [-0.1, -0.05) is 36.8 Å². The lowest BCUT2D eigenvalue weighted by Gasteiger charge is -2.09. The Bertz CT molecular complexity index is 1370. The Morgan fingerprint density at radius 3 is 2.55 bits per heavy atom. The second-order valence-corrected chi connectivity index (χ2v) is 8.06. The number of carboxylic acids is 1. The Kier molecular flexibility index (Phi) is 6.58. The van der Waals surface area contributed by atoms with E-state index in [-0.39, 0.29) is 18.7 Å². The monoisotopic (exact) mass is 446 g/mol. The second kappa shape index (κ2) is 9.73. The Morgan fingerprint density at radius 2 is 1.79 bits per heavy atom. The molecule has 1 N–H and O–H groups in total. The number of aliphatic carboxylic acids is 1. The van der Waals surface area contributed by atoms with Crippen LogP contribution in [0.5, 0.6) is 0 Å². The van der Waals surface area contributed by atoms with E-state index in [2.05, 4.69) is 5.32 Å². The van der Waals surface area contributed by atoms with Crippen molar-refractivity contribution in [2.45, 2.75) is 39.0 Å². The Balaban J connectivity index is 1.55. The number of hydrogen-bond acceptors (Lipinski definition) is 6. The van der Waals surface area contributed by atoms with E-state index in [0.717, 1.165) is 21.9 Å². The number of furan rings is 1. The maximum atomic E-state index is 12.6. The van der Waals surface area contributed by atoms with Crippen LogP contribution in [-0.2, 0) is 16.0 Å². The molecule has 0 bridgehead atoms. The van der Waals surface area contributed by atoms with Gasteiger partial charge in [0.05, 0.1) is 18.2 Å². The summed E-state index contributed by atoms with van der Waals surface area (Å²) in [5.74, 6) is -1.35.